The van der Waals surface area contributed by atoms with Crippen molar-refractivity contribution >= 4 is 19.8 Å². The molecule has 0 aromatic rings. The lowest BCUT2D eigenvalue weighted by Gasteiger charge is -2.41. The highest BCUT2D eigenvalue weighted by molar-refractivity contribution is 7.47. The fourth-order valence-corrected chi connectivity index (χ4v) is 7.51. The van der Waals surface area contributed by atoms with Gasteiger partial charge in [-0.1, -0.05) is 161 Å². The first kappa shape index (κ1) is 63.2. The summed E-state index contributed by atoms with van der Waals surface area (Å²) in [5, 5.41) is 70.3. The van der Waals surface area contributed by atoms with E-state index in [1.54, 1.807) is 42.5 Å². The summed E-state index contributed by atoms with van der Waals surface area (Å²) in [6.45, 7) is 2.83. The molecule has 10 atom stereocenters. The van der Waals surface area contributed by atoms with E-state index < -0.39 is 87.9 Å². The fraction of sp³-hybridized carbons (Fsp3) is 0.585. The number of rotatable bonds is 38. The van der Waals surface area contributed by atoms with E-state index in [1.807, 2.05) is 37.3 Å². The van der Waals surface area contributed by atoms with Gasteiger partial charge < -0.3 is 50.1 Å². The number of unbranched alkanes of at least 4 members (excludes halogenated alkanes) is 6. The number of phosphoric ester groups is 1. The Morgan fingerprint density at radius 1 is 0.522 bits per heavy atom. The number of ether oxygens (including phenoxy) is 2. The largest absolute Gasteiger partial charge is 0.472 e. The van der Waals surface area contributed by atoms with Crippen LogP contribution in [0.15, 0.2) is 122 Å². The molecule has 1 saturated carbocycles. The van der Waals surface area contributed by atoms with Crippen molar-refractivity contribution in [3.8, 4) is 0 Å². The van der Waals surface area contributed by atoms with Crippen molar-refractivity contribution in [2.45, 2.75) is 184 Å². The molecule has 69 heavy (non-hydrogen) atoms. The maximum Gasteiger partial charge on any atom is 0.472 e. The molecule has 0 spiro atoms. The summed E-state index contributed by atoms with van der Waals surface area (Å²) in [5.41, 5.74) is 0. The number of allylic oxidation sites excluding steroid dienone is 16. The SMILES string of the molecule is CC/C=C\C/C=C\C/C=C\C/C=C\CCCCCCCCC(=O)OC[C@H](COP(=O)(O)OC1[C@H](O)[C@H](O)C(O)[C@H](O)[C@H]1O)OC(=O)CC/C=C\C/C=C\C[C@@H](O)/C=C/C=C\C=C\[C@@H](O)C/C=C\CC. The summed E-state index contributed by atoms with van der Waals surface area (Å²) in [6.07, 6.45) is 37.3. The second-order valence-electron chi connectivity index (χ2n) is 16.6. The molecule has 0 amide bonds. The van der Waals surface area contributed by atoms with Gasteiger partial charge in [0, 0.05) is 12.8 Å². The number of carbonyl (C=O) groups is 2. The van der Waals surface area contributed by atoms with Gasteiger partial charge in [0.1, 0.15) is 43.2 Å². The zero-order valence-electron chi connectivity index (χ0n) is 40.8. The van der Waals surface area contributed by atoms with E-state index in [1.165, 1.54) is 0 Å². The molecule has 15 nitrogen and oxygen atoms in total. The summed E-state index contributed by atoms with van der Waals surface area (Å²) in [4.78, 5) is 35.8. The minimum atomic E-state index is -5.18. The molecule has 1 aliphatic rings. The highest BCUT2D eigenvalue weighted by Gasteiger charge is 2.51. The molecule has 1 rings (SSSR count). The number of phosphoric acid groups is 1. The van der Waals surface area contributed by atoms with Crippen LogP contribution in [0.5, 0.6) is 0 Å². The van der Waals surface area contributed by atoms with Crippen molar-refractivity contribution < 1.29 is 73.3 Å². The van der Waals surface area contributed by atoms with Crippen LogP contribution in [0.3, 0.4) is 0 Å². The minimum absolute atomic E-state index is 0.0962. The van der Waals surface area contributed by atoms with Gasteiger partial charge in [-0.3, -0.25) is 18.6 Å². The average Bonchev–Trinajstić information content (AvgIpc) is 3.32. The lowest BCUT2D eigenvalue weighted by molar-refractivity contribution is -0.220. The third kappa shape index (κ3) is 33.4. The highest BCUT2D eigenvalue weighted by atomic mass is 31.2. The number of aliphatic hydroxyl groups is 7. The average molecular weight is 991 g/mol. The highest BCUT2D eigenvalue weighted by Crippen LogP contribution is 2.47. The number of hydrogen-bond donors (Lipinski definition) is 8. The summed E-state index contributed by atoms with van der Waals surface area (Å²) in [5.74, 6) is -1.30. The Balaban J connectivity index is 2.55. The number of aliphatic hydroxyl groups excluding tert-OH is 7. The van der Waals surface area contributed by atoms with Crippen molar-refractivity contribution in [2.75, 3.05) is 13.2 Å². The van der Waals surface area contributed by atoms with Crippen LogP contribution in [0.4, 0.5) is 0 Å². The molecular formula is C53H83O15P. The quantitative estimate of drug-likeness (QED) is 0.00957. The predicted octanol–water partition coefficient (Wildman–Crippen LogP) is 8.11. The van der Waals surface area contributed by atoms with Gasteiger partial charge in [0.15, 0.2) is 6.10 Å². The predicted molar refractivity (Wildman–Crippen MR) is 269 cm³/mol. The van der Waals surface area contributed by atoms with Gasteiger partial charge in [-0.15, -0.1) is 0 Å². The van der Waals surface area contributed by atoms with E-state index in [0.717, 1.165) is 70.6 Å². The van der Waals surface area contributed by atoms with Crippen LogP contribution >= 0.6 is 7.82 Å². The topological polar surface area (TPSA) is 250 Å². The van der Waals surface area contributed by atoms with Crippen LogP contribution in [0, 0.1) is 0 Å². The Hall–Kier alpha value is -3.83. The molecule has 0 aromatic carbocycles. The minimum Gasteiger partial charge on any atom is -0.462 e. The third-order valence-corrected chi connectivity index (χ3v) is 11.5. The Morgan fingerprint density at radius 2 is 0.971 bits per heavy atom. The molecule has 1 aliphatic carbocycles. The van der Waals surface area contributed by atoms with Crippen LogP contribution in [0.2, 0.25) is 0 Å². The van der Waals surface area contributed by atoms with Crippen LogP contribution < -0.4 is 0 Å². The third-order valence-electron chi connectivity index (χ3n) is 10.5. The van der Waals surface area contributed by atoms with Gasteiger partial charge in [-0.2, -0.15) is 0 Å². The van der Waals surface area contributed by atoms with Crippen LogP contribution in [0.1, 0.15) is 129 Å². The molecule has 0 heterocycles. The number of carbonyl (C=O) groups excluding carboxylic acids is 2. The van der Waals surface area contributed by atoms with E-state index in [9.17, 15) is 54.8 Å². The van der Waals surface area contributed by atoms with Gasteiger partial charge in [0.05, 0.1) is 18.8 Å². The van der Waals surface area contributed by atoms with Crippen LogP contribution in [0.25, 0.3) is 0 Å². The van der Waals surface area contributed by atoms with Gasteiger partial charge >= 0.3 is 19.8 Å². The zero-order valence-corrected chi connectivity index (χ0v) is 41.7. The Morgan fingerprint density at radius 3 is 1.54 bits per heavy atom. The van der Waals surface area contributed by atoms with Crippen molar-refractivity contribution in [3.05, 3.63) is 122 Å². The van der Waals surface area contributed by atoms with Gasteiger partial charge in [0.2, 0.25) is 0 Å². The Bertz CT molecular complexity index is 1700. The van der Waals surface area contributed by atoms with Crippen LogP contribution in [-0.4, -0.2) is 121 Å². The number of esters is 2. The van der Waals surface area contributed by atoms with Crippen LogP contribution in [-0.2, 0) is 32.7 Å². The first-order valence-electron chi connectivity index (χ1n) is 24.6. The maximum atomic E-state index is 12.8. The molecule has 0 radical (unpaired) electrons. The van der Waals surface area contributed by atoms with E-state index >= 15 is 0 Å². The first-order valence-corrected chi connectivity index (χ1v) is 26.1. The van der Waals surface area contributed by atoms with Gasteiger partial charge in [-0.05, 0) is 77.0 Å². The van der Waals surface area contributed by atoms with E-state index in [2.05, 4.69) is 55.5 Å². The van der Waals surface area contributed by atoms with Crippen molar-refractivity contribution in [2.24, 2.45) is 0 Å². The maximum absolute atomic E-state index is 12.8. The molecule has 0 aromatic heterocycles. The lowest BCUT2D eigenvalue weighted by Crippen LogP contribution is -2.64. The molecule has 8 N–H and O–H groups in total. The first-order chi connectivity index (χ1) is 33.2. The normalized spacial score (nSPS) is 22.9. The molecule has 16 heteroatoms. The molecule has 0 bridgehead atoms. The Labute approximate surface area is 410 Å². The van der Waals surface area contributed by atoms with E-state index in [4.69, 9.17) is 18.5 Å². The second kappa shape index (κ2) is 40.9. The summed E-state index contributed by atoms with van der Waals surface area (Å²) in [6, 6.07) is 0. The van der Waals surface area contributed by atoms with Gasteiger partial charge in [-0.25, -0.2) is 4.57 Å². The van der Waals surface area contributed by atoms with E-state index in [0.29, 0.717) is 25.7 Å². The monoisotopic (exact) mass is 991 g/mol. The van der Waals surface area contributed by atoms with E-state index in [-0.39, 0.29) is 19.3 Å². The second-order valence-corrected chi connectivity index (χ2v) is 18.0. The summed E-state index contributed by atoms with van der Waals surface area (Å²) in [7, 11) is -5.18. The summed E-state index contributed by atoms with van der Waals surface area (Å²) >= 11 is 0. The number of hydrogen-bond acceptors (Lipinski definition) is 14. The zero-order chi connectivity index (χ0) is 51.0. The smallest absolute Gasteiger partial charge is 0.462 e. The molecule has 0 saturated heterocycles. The van der Waals surface area contributed by atoms with Gasteiger partial charge in [0.25, 0.3) is 0 Å². The molecule has 0 aliphatic heterocycles. The Kier molecular flexibility index (Phi) is 37.4. The van der Waals surface area contributed by atoms with Crippen molar-refractivity contribution in [3.63, 3.8) is 0 Å². The summed E-state index contributed by atoms with van der Waals surface area (Å²) < 4.78 is 33.4. The van der Waals surface area contributed by atoms with Crippen molar-refractivity contribution in [1.29, 1.82) is 0 Å². The fourth-order valence-electron chi connectivity index (χ4n) is 6.54. The molecule has 390 valence electrons. The standard InChI is InChI=1S/C53H83O15P/c1-3-5-7-8-9-10-11-12-13-14-15-16-17-18-19-20-21-25-33-39-46(56)65-41-45(42-66-69(63,64)68-53-51(61)49(59)48(58)50(60)52(53)62)67-47(57)40-34-26-23-22-24-30-36-44(55)38-32-28-27-31-37-43(54)35-29-6-4-2/h5-7,9-10,12-13,15-16,23-24,26-32,37-38,43-45,48-55,58-62H,3-4,8,11,14,17-22,25,33-36,39-42H2,1-2H3,(H,63,64)/b7-5-,10-9-,13-12-,16-15-,26-23-,28-27-,29-6-,30-24-,37-31+,38-32+/t43-,44+,45+,48?,49-,50+,51+,52+,53?/m0/s1. The molecule has 3 unspecified atom stereocenters. The lowest BCUT2D eigenvalue weighted by atomic mass is 9.85. The molecule has 1 fully saturated rings. The molecular weight excluding hydrogens is 908 g/mol. The van der Waals surface area contributed by atoms with Crippen molar-refractivity contribution in [1.82, 2.24) is 0 Å².